The number of hydrogen-bond acceptors (Lipinski definition) is 1. The summed E-state index contributed by atoms with van der Waals surface area (Å²) >= 11 is 1.90. The van der Waals surface area contributed by atoms with Gasteiger partial charge >= 0.3 is 0 Å². The molecule has 0 saturated heterocycles. The lowest BCUT2D eigenvalue weighted by molar-refractivity contribution is 0.791. The van der Waals surface area contributed by atoms with Gasteiger partial charge in [0, 0.05) is 4.91 Å². The fourth-order valence-corrected chi connectivity index (χ4v) is 6.96. The molecule has 0 N–H and O–H groups in total. The standard InChI is InChI=1S/C22H25PS/c1-3-19(17-18-11-10-16-22(18)24-2)23(20-12-6-4-7-13-20)21-14-8-5-9-15-21/h4-10,12-16,19H,3,11,17H2,1-2H3. The molecule has 0 heterocycles. The van der Waals surface area contributed by atoms with Gasteiger partial charge in [0.15, 0.2) is 0 Å². The lowest BCUT2D eigenvalue weighted by atomic mass is 10.1. The number of rotatable bonds is 7. The van der Waals surface area contributed by atoms with Gasteiger partial charge in [-0.2, -0.15) is 0 Å². The first-order chi connectivity index (χ1) is 11.8. The normalized spacial score (nSPS) is 15.3. The Bertz CT molecular complexity index is 664. The van der Waals surface area contributed by atoms with Crippen LogP contribution in [0.2, 0.25) is 0 Å². The van der Waals surface area contributed by atoms with Crippen LogP contribution in [0.1, 0.15) is 26.2 Å². The van der Waals surface area contributed by atoms with Crippen molar-refractivity contribution in [1.82, 2.24) is 0 Å². The quantitative estimate of drug-likeness (QED) is 0.562. The van der Waals surface area contributed by atoms with Gasteiger partial charge in [-0.15, -0.1) is 11.8 Å². The molecular formula is C22H25PS. The van der Waals surface area contributed by atoms with Crippen LogP contribution >= 0.6 is 19.7 Å². The zero-order valence-electron chi connectivity index (χ0n) is 14.5. The number of thioether (sulfide) groups is 1. The van der Waals surface area contributed by atoms with Crippen molar-refractivity contribution in [2.45, 2.75) is 31.8 Å². The predicted octanol–water partition coefficient (Wildman–Crippen LogP) is 5.87. The Hall–Kier alpha value is -1.30. The summed E-state index contributed by atoms with van der Waals surface area (Å²) in [5.41, 5.74) is 2.33. The smallest absolute Gasteiger partial charge is 0.00614 e. The van der Waals surface area contributed by atoms with E-state index >= 15 is 0 Å². The van der Waals surface area contributed by atoms with Gasteiger partial charge in [-0.1, -0.05) is 85.3 Å². The summed E-state index contributed by atoms with van der Waals surface area (Å²) < 4.78 is 0. The SMILES string of the molecule is CCC(CC1=C(SC)C=CC1)P(c1ccccc1)c1ccccc1. The largest absolute Gasteiger partial charge is 0.130 e. The third-order valence-electron chi connectivity index (χ3n) is 4.59. The lowest BCUT2D eigenvalue weighted by Gasteiger charge is -2.28. The van der Waals surface area contributed by atoms with Crippen LogP contribution in [0, 0.1) is 0 Å². The number of hydrogen-bond donors (Lipinski definition) is 0. The monoisotopic (exact) mass is 352 g/mol. The van der Waals surface area contributed by atoms with E-state index in [0.717, 1.165) is 6.42 Å². The van der Waals surface area contributed by atoms with E-state index in [0.29, 0.717) is 5.66 Å². The van der Waals surface area contributed by atoms with Crippen LogP contribution in [0.3, 0.4) is 0 Å². The molecule has 1 aliphatic carbocycles. The molecule has 3 rings (SSSR count). The van der Waals surface area contributed by atoms with Crippen molar-refractivity contribution in [3.8, 4) is 0 Å². The first-order valence-electron chi connectivity index (χ1n) is 8.65. The Morgan fingerprint density at radius 3 is 2.04 bits per heavy atom. The van der Waals surface area contributed by atoms with Crippen molar-refractivity contribution in [1.29, 1.82) is 0 Å². The fraction of sp³-hybridized carbons (Fsp3) is 0.273. The third kappa shape index (κ3) is 4.02. The molecule has 1 unspecified atom stereocenters. The molecule has 0 aliphatic heterocycles. The predicted molar refractivity (Wildman–Crippen MR) is 112 cm³/mol. The molecule has 0 spiro atoms. The van der Waals surface area contributed by atoms with Crippen molar-refractivity contribution < 1.29 is 0 Å². The zero-order valence-corrected chi connectivity index (χ0v) is 16.2. The Kier molecular flexibility index (Phi) is 6.35. The molecular weight excluding hydrogens is 327 g/mol. The van der Waals surface area contributed by atoms with Crippen LogP contribution < -0.4 is 10.6 Å². The maximum absolute atomic E-state index is 2.35. The van der Waals surface area contributed by atoms with Gasteiger partial charge in [-0.25, -0.2) is 0 Å². The molecule has 124 valence electrons. The first kappa shape index (κ1) is 17.5. The van der Waals surface area contributed by atoms with Crippen LogP contribution in [0.4, 0.5) is 0 Å². The minimum Gasteiger partial charge on any atom is -0.130 e. The van der Waals surface area contributed by atoms with E-state index in [-0.39, 0.29) is 7.92 Å². The Labute approximate surface area is 151 Å². The van der Waals surface area contributed by atoms with Gasteiger partial charge in [-0.3, -0.25) is 0 Å². The maximum Gasteiger partial charge on any atom is 0.00614 e. The lowest BCUT2D eigenvalue weighted by Crippen LogP contribution is -2.22. The highest BCUT2D eigenvalue weighted by atomic mass is 32.2. The summed E-state index contributed by atoms with van der Waals surface area (Å²) in [7, 11) is -0.326. The molecule has 0 amide bonds. The Morgan fingerprint density at radius 2 is 1.54 bits per heavy atom. The van der Waals surface area contributed by atoms with Crippen molar-refractivity contribution in [2.75, 3.05) is 6.26 Å². The van der Waals surface area contributed by atoms with Gasteiger partial charge in [0.05, 0.1) is 0 Å². The van der Waals surface area contributed by atoms with E-state index in [1.807, 2.05) is 11.8 Å². The second-order valence-corrected chi connectivity index (χ2v) is 9.44. The average molecular weight is 352 g/mol. The summed E-state index contributed by atoms with van der Waals surface area (Å²) in [6.07, 6.45) is 10.4. The van der Waals surface area contributed by atoms with Crippen LogP contribution in [0.15, 0.2) is 83.3 Å². The molecule has 0 fully saturated rings. The van der Waals surface area contributed by atoms with E-state index in [9.17, 15) is 0 Å². The maximum atomic E-state index is 2.35. The Balaban J connectivity index is 1.94. The van der Waals surface area contributed by atoms with Crippen LogP contribution in [-0.2, 0) is 0 Å². The van der Waals surface area contributed by atoms with Crippen molar-refractivity contribution in [2.24, 2.45) is 0 Å². The van der Waals surface area contributed by atoms with E-state index < -0.39 is 0 Å². The fourth-order valence-electron chi connectivity index (χ4n) is 3.37. The van der Waals surface area contributed by atoms with E-state index in [1.165, 1.54) is 28.4 Å². The minimum atomic E-state index is -0.326. The molecule has 0 bridgehead atoms. The molecule has 2 heteroatoms. The highest BCUT2D eigenvalue weighted by Gasteiger charge is 2.25. The van der Waals surface area contributed by atoms with Gasteiger partial charge in [-0.05, 0) is 49.7 Å². The van der Waals surface area contributed by atoms with Crippen molar-refractivity contribution in [3.05, 3.63) is 83.3 Å². The summed E-state index contributed by atoms with van der Waals surface area (Å²) in [5.74, 6) is 0. The molecule has 0 nitrogen and oxygen atoms in total. The third-order valence-corrected chi connectivity index (χ3v) is 8.44. The molecule has 24 heavy (non-hydrogen) atoms. The van der Waals surface area contributed by atoms with Crippen LogP contribution in [0.25, 0.3) is 0 Å². The van der Waals surface area contributed by atoms with Crippen molar-refractivity contribution >= 4 is 30.3 Å². The topological polar surface area (TPSA) is 0 Å². The van der Waals surface area contributed by atoms with E-state index in [2.05, 4.69) is 86.0 Å². The molecule has 0 saturated carbocycles. The van der Waals surface area contributed by atoms with E-state index in [4.69, 9.17) is 0 Å². The summed E-state index contributed by atoms with van der Waals surface area (Å²) in [5, 5.41) is 3.01. The molecule has 0 radical (unpaired) electrons. The molecule has 2 aromatic rings. The summed E-state index contributed by atoms with van der Waals surface area (Å²) in [4.78, 5) is 1.49. The summed E-state index contributed by atoms with van der Waals surface area (Å²) in [6, 6.07) is 22.3. The second-order valence-electron chi connectivity index (χ2n) is 6.09. The second kappa shape index (κ2) is 8.70. The number of allylic oxidation sites excluding steroid dienone is 3. The highest BCUT2D eigenvalue weighted by molar-refractivity contribution is 8.02. The zero-order chi connectivity index (χ0) is 16.8. The van der Waals surface area contributed by atoms with Gasteiger partial charge in [0.1, 0.15) is 0 Å². The summed E-state index contributed by atoms with van der Waals surface area (Å²) in [6.45, 7) is 2.35. The highest BCUT2D eigenvalue weighted by Crippen LogP contribution is 2.45. The molecule has 1 aliphatic rings. The number of benzene rings is 2. The van der Waals surface area contributed by atoms with E-state index in [1.54, 1.807) is 5.57 Å². The van der Waals surface area contributed by atoms with Gasteiger partial charge in [0.2, 0.25) is 0 Å². The van der Waals surface area contributed by atoms with Gasteiger partial charge < -0.3 is 0 Å². The Morgan fingerprint density at radius 1 is 0.958 bits per heavy atom. The van der Waals surface area contributed by atoms with Gasteiger partial charge in [0.25, 0.3) is 0 Å². The average Bonchev–Trinajstić information content (AvgIpc) is 3.10. The first-order valence-corrected chi connectivity index (χ1v) is 11.3. The minimum absolute atomic E-state index is 0.326. The molecule has 1 atom stereocenters. The van der Waals surface area contributed by atoms with Crippen molar-refractivity contribution in [3.63, 3.8) is 0 Å². The van der Waals surface area contributed by atoms with Crippen LogP contribution in [-0.4, -0.2) is 11.9 Å². The van der Waals surface area contributed by atoms with Crippen LogP contribution in [0.5, 0.6) is 0 Å². The molecule has 2 aromatic carbocycles. The molecule has 0 aromatic heterocycles.